The van der Waals surface area contributed by atoms with Gasteiger partial charge in [-0.3, -0.25) is 9.69 Å². The van der Waals surface area contributed by atoms with Crippen LogP contribution in [0.15, 0.2) is 42.5 Å². The van der Waals surface area contributed by atoms with E-state index in [4.69, 9.17) is 0 Å². The minimum atomic E-state index is -0.410. The molecule has 2 N–H and O–H groups in total. The van der Waals surface area contributed by atoms with Crippen LogP contribution in [0, 0.1) is 11.7 Å². The van der Waals surface area contributed by atoms with Crippen LogP contribution in [-0.4, -0.2) is 36.5 Å². The molecule has 4 atom stereocenters. The van der Waals surface area contributed by atoms with Crippen molar-refractivity contribution in [3.63, 3.8) is 0 Å². The van der Waals surface area contributed by atoms with Crippen LogP contribution in [0.4, 0.5) is 4.39 Å². The first-order chi connectivity index (χ1) is 14.6. The third kappa shape index (κ3) is 3.54. The molecule has 0 spiro atoms. The summed E-state index contributed by atoms with van der Waals surface area (Å²) >= 11 is 0. The quantitative estimate of drug-likeness (QED) is 0.809. The van der Waals surface area contributed by atoms with Gasteiger partial charge >= 0.3 is 0 Å². The minimum absolute atomic E-state index is 0.115. The Hall–Kier alpha value is -2.24. The van der Waals surface area contributed by atoms with Crippen LogP contribution >= 0.6 is 0 Å². The van der Waals surface area contributed by atoms with Crippen molar-refractivity contribution in [2.24, 2.45) is 5.92 Å². The summed E-state index contributed by atoms with van der Waals surface area (Å²) in [6.07, 6.45) is 4.33. The molecule has 0 saturated carbocycles. The average molecular weight is 408 g/mol. The number of piperidine rings is 2. The molecule has 3 aliphatic rings. The second kappa shape index (κ2) is 8.12. The van der Waals surface area contributed by atoms with Gasteiger partial charge in [-0.2, -0.15) is 0 Å². The molecule has 4 nitrogen and oxygen atoms in total. The number of halogens is 1. The number of hydrogen-bond donors (Lipinski definition) is 2. The second-order valence-electron chi connectivity index (χ2n) is 9.06. The van der Waals surface area contributed by atoms with E-state index in [0.717, 1.165) is 49.2 Å². The monoisotopic (exact) mass is 407 g/mol. The molecular weight excluding hydrogens is 377 g/mol. The number of carbonyl (C=O) groups excluding carboxylic acids is 1. The molecule has 158 valence electrons. The SMILES string of the molecule is C[C@@H](NC(=O)c1c(F)ccc2c1[C@H]1C[C@H]3NCCC[C@H]3CN1CC2)c1ccccc1. The Labute approximate surface area is 177 Å². The lowest BCUT2D eigenvalue weighted by Crippen LogP contribution is -2.55. The lowest BCUT2D eigenvalue weighted by Gasteiger charge is -2.49. The predicted octanol–water partition coefficient (Wildman–Crippen LogP) is 3.99. The summed E-state index contributed by atoms with van der Waals surface area (Å²) in [6.45, 7) is 5.05. The number of fused-ring (bicyclic) bond motifs is 4. The highest BCUT2D eigenvalue weighted by molar-refractivity contribution is 5.97. The van der Waals surface area contributed by atoms with Gasteiger partial charge in [0.1, 0.15) is 5.82 Å². The van der Waals surface area contributed by atoms with Crippen LogP contribution in [0.5, 0.6) is 0 Å². The fourth-order valence-electron chi connectivity index (χ4n) is 5.70. The van der Waals surface area contributed by atoms with Crippen LogP contribution in [0.3, 0.4) is 0 Å². The number of carbonyl (C=O) groups is 1. The number of rotatable bonds is 3. The normalized spacial score (nSPS) is 26.8. The molecule has 3 heterocycles. The van der Waals surface area contributed by atoms with Crippen LogP contribution in [0.2, 0.25) is 0 Å². The maximum Gasteiger partial charge on any atom is 0.255 e. The zero-order valence-electron chi connectivity index (χ0n) is 17.5. The molecular formula is C25H30FN3O. The van der Waals surface area contributed by atoms with Crippen LogP contribution in [0.1, 0.15) is 65.3 Å². The maximum absolute atomic E-state index is 15.1. The highest BCUT2D eigenvalue weighted by Crippen LogP contribution is 2.42. The third-order valence-corrected chi connectivity index (χ3v) is 7.28. The van der Waals surface area contributed by atoms with Gasteiger partial charge in [-0.25, -0.2) is 4.39 Å². The summed E-state index contributed by atoms with van der Waals surface area (Å²) in [5.41, 5.74) is 3.32. The second-order valence-corrected chi connectivity index (χ2v) is 9.06. The molecule has 0 aromatic heterocycles. The van der Waals surface area contributed by atoms with Gasteiger partial charge in [-0.15, -0.1) is 0 Å². The van der Waals surface area contributed by atoms with E-state index in [0.29, 0.717) is 12.0 Å². The molecule has 2 saturated heterocycles. The first-order valence-electron chi connectivity index (χ1n) is 11.3. The molecule has 30 heavy (non-hydrogen) atoms. The van der Waals surface area contributed by atoms with Crippen molar-refractivity contribution in [3.8, 4) is 0 Å². The largest absolute Gasteiger partial charge is 0.345 e. The van der Waals surface area contributed by atoms with Crippen LogP contribution in [-0.2, 0) is 6.42 Å². The number of benzene rings is 2. The molecule has 0 unspecified atom stereocenters. The number of nitrogens with one attached hydrogen (secondary N) is 2. The van der Waals surface area contributed by atoms with E-state index < -0.39 is 5.82 Å². The Morgan fingerprint density at radius 1 is 1.23 bits per heavy atom. The van der Waals surface area contributed by atoms with E-state index in [1.165, 1.54) is 18.9 Å². The highest BCUT2D eigenvalue weighted by atomic mass is 19.1. The first-order valence-corrected chi connectivity index (χ1v) is 11.3. The Bertz CT molecular complexity index is 931. The third-order valence-electron chi connectivity index (χ3n) is 7.28. The average Bonchev–Trinajstić information content (AvgIpc) is 2.78. The van der Waals surface area contributed by atoms with Crippen molar-refractivity contribution < 1.29 is 9.18 Å². The summed E-state index contributed by atoms with van der Waals surface area (Å²) < 4.78 is 15.1. The molecule has 2 fully saturated rings. The molecule has 0 radical (unpaired) electrons. The molecule has 3 aliphatic heterocycles. The Morgan fingerprint density at radius 3 is 2.90 bits per heavy atom. The van der Waals surface area contributed by atoms with Crippen molar-refractivity contribution in [2.75, 3.05) is 19.6 Å². The summed E-state index contributed by atoms with van der Waals surface area (Å²) in [5, 5.41) is 6.72. The Morgan fingerprint density at radius 2 is 2.07 bits per heavy atom. The summed E-state index contributed by atoms with van der Waals surface area (Å²) in [4.78, 5) is 15.8. The standard InChI is InChI=1S/C25H30FN3O/c1-16(17-6-3-2-4-7-17)28-25(30)24-20(26)10-9-18-11-13-29-15-19-8-5-12-27-21(19)14-22(29)23(18)24/h2-4,6-7,9-10,16,19,21-22,27H,5,8,11-15H2,1H3,(H,28,30)/t16-,19+,21-,22-/m1/s1. The number of nitrogens with zero attached hydrogens (tertiary/aromatic N) is 1. The maximum atomic E-state index is 15.1. The van der Waals surface area contributed by atoms with Gasteiger partial charge in [0, 0.05) is 25.2 Å². The smallest absolute Gasteiger partial charge is 0.255 e. The van der Waals surface area contributed by atoms with E-state index >= 15 is 4.39 Å². The van der Waals surface area contributed by atoms with Crippen molar-refractivity contribution >= 4 is 5.91 Å². The predicted molar refractivity (Wildman–Crippen MR) is 116 cm³/mol. The zero-order valence-corrected chi connectivity index (χ0v) is 17.5. The molecule has 2 aromatic carbocycles. The molecule has 5 rings (SSSR count). The van der Waals surface area contributed by atoms with Gasteiger partial charge in [-0.05, 0) is 67.8 Å². The van der Waals surface area contributed by atoms with Gasteiger partial charge < -0.3 is 10.6 Å². The lowest BCUT2D eigenvalue weighted by molar-refractivity contribution is 0.0540. The minimum Gasteiger partial charge on any atom is -0.345 e. The van der Waals surface area contributed by atoms with Gasteiger partial charge in [-0.1, -0.05) is 36.4 Å². The summed E-state index contributed by atoms with van der Waals surface area (Å²) in [6, 6.07) is 13.6. The van der Waals surface area contributed by atoms with E-state index in [1.54, 1.807) is 0 Å². The van der Waals surface area contributed by atoms with Crippen molar-refractivity contribution in [1.29, 1.82) is 0 Å². The topological polar surface area (TPSA) is 44.4 Å². The Kier molecular flexibility index (Phi) is 5.34. The zero-order chi connectivity index (χ0) is 20.7. The number of hydrogen-bond acceptors (Lipinski definition) is 3. The first kappa shape index (κ1) is 19.7. The number of amides is 1. The fraction of sp³-hybridized carbons (Fsp3) is 0.480. The molecule has 0 bridgehead atoms. The molecule has 1 amide bonds. The molecule has 5 heteroatoms. The van der Waals surface area contributed by atoms with Gasteiger partial charge in [0.2, 0.25) is 0 Å². The lowest BCUT2D eigenvalue weighted by atomic mass is 9.76. The van der Waals surface area contributed by atoms with Crippen molar-refractivity contribution in [2.45, 2.75) is 50.7 Å². The van der Waals surface area contributed by atoms with Crippen molar-refractivity contribution in [1.82, 2.24) is 15.5 Å². The highest BCUT2D eigenvalue weighted by Gasteiger charge is 2.41. The Balaban J connectivity index is 1.46. The van der Waals surface area contributed by atoms with Crippen LogP contribution in [0.25, 0.3) is 0 Å². The van der Waals surface area contributed by atoms with Gasteiger partial charge in [0.25, 0.3) is 5.91 Å². The van der Waals surface area contributed by atoms with Crippen molar-refractivity contribution in [3.05, 3.63) is 70.5 Å². The molecule has 2 aromatic rings. The van der Waals surface area contributed by atoms with Gasteiger partial charge in [0.05, 0.1) is 11.6 Å². The van der Waals surface area contributed by atoms with E-state index in [9.17, 15) is 4.79 Å². The molecule has 0 aliphatic carbocycles. The van der Waals surface area contributed by atoms with E-state index in [2.05, 4.69) is 15.5 Å². The van der Waals surface area contributed by atoms with Crippen LogP contribution < -0.4 is 10.6 Å². The summed E-state index contributed by atoms with van der Waals surface area (Å²) in [7, 11) is 0. The summed E-state index contributed by atoms with van der Waals surface area (Å²) in [5.74, 6) is -0.0474. The fourth-order valence-corrected chi connectivity index (χ4v) is 5.70. The van der Waals surface area contributed by atoms with E-state index in [-0.39, 0.29) is 23.6 Å². The van der Waals surface area contributed by atoms with Gasteiger partial charge in [0.15, 0.2) is 0 Å². The van der Waals surface area contributed by atoms with E-state index in [1.807, 2.05) is 43.3 Å².